The van der Waals surface area contributed by atoms with E-state index in [1.165, 1.54) is 6.07 Å². The van der Waals surface area contributed by atoms with Crippen molar-refractivity contribution in [2.45, 2.75) is 11.8 Å². The SMILES string of the molecule is CNC(=S)Nc1cc(S(=O)(=O)Nc2ccc(Cl)cc2)ccc1C. The Morgan fingerprint density at radius 2 is 1.78 bits per heavy atom. The van der Waals surface area contributed by atoms with Crippen molar-refractivity contribution in [3.8, 4) is 0 Å². The second-order valence-electron chi connectivity index (χ2n) is 4.79. The quantitative estimate of drug-likeness (QED) is 0.721. The molecule has 23 heavy (non-hydrogen) atoms. The molecule has 0 saturated heterocycles. The van der Waals surface area contributed by atoms with Gasteiger partial charge < -0.3 is 10.6 Å². The van der Waals surface area contributed by atoms with Crippen LogP contribution in [0.5, 0.6) is 0 Å². The van der Waals surface area contributed by atoms with Crippen molar-refractivity contribution in [3.05, 3.63) is 53.1 Å². The van der Waals surface area contributed by atoms with Gasteiger partial charge in [0, 0.05) is 23.4 Å². The smallest absolute Gasteiger partial charge is 0.261 e. The van der Waals surface area contributed by atoms with Crippen LogP contribution in [0.1, 0.15) is 5.56 Å². The maximum Gasteiger partial charge on any atom is 0.261 e. The summed E-state index contributed by atoms with van der Waals surface area (Å²) in [6.45, 7) is 1.86. The van der Waals surface area contributed by atoms with Gasteiger partial charge in [0.1, 0.15) is 0 Å². The summed E-state index contributed by atoms with van der Waals surface area (Å²) < 4.78 is 27.5. The lowest BCUT2D eigenvalue weighted by Crippen LogP contribution is -2.24. The van der Waals surface area contributed by atoms with Gasteiger partial charge in [-0.1, -0.05) is 17.7 Å². The van der Waals surface area contributed by atoms with Crippen molar-refractivity contribution >= 4 is 50.3 Å². The highest BCUT2D eigenvalue weighted by atomic mass is 35.5. The summed E-state index contributed by atoms with van der Waals surface area (Å²) >= 11 is 10.8. The van der Waals surface area contributed by atoms with Gasteiger partial charge >= 0.3 is 0 Å². The van der Waals surface area contributed by atoms with Crippen molar-refractivity contribution in [2.75, 3.05) is 17.1 Å². The molecule has 0 atom stereocenters. The molecule has 0 amide bonds. The van der Waals surface area contributed by atoms with Crippen molar-refractivity contribution < 1.29 is 8.42 Å². The van der Waals surface area contributed by atoms with Gasteiger partial charge in [0.2, 0.25) is 0 Å². The largest absolute Gasteiger partial charge is 0.366 e. The van der Waals surface area contributed by atoms with Crippen molar-refractivity contribution in [1.82, 2.24) is 5.32 Å². The number of rotatable bonds is 4. The first-order valence-electron chi connectivity index (χ1n) is 6.69. The van der Waals surface area contributed by atoms with E-state index in [0.29, 0.717) is 21.5 Å². The van der Waals surface area contributed by atoms with Gasteiger partial charge in [0.05, 0.1) is 4.90 Å². The van der Waals surface area contributed by atoms with Crippen LogP contribution in [0.25, 0.3) is 0 Å². The average Bonchev–Trinajstić information content (AvgIpc) is 2.51. The van der Waals surface area contributed by atoms with Gasteiger partial charge in [-0.05, 0) is 61.1 Å². The first-order valence-corrected chi connectivity index (χ1v) is 8.96. The minimum absolute atomic E-state index is 0.138. The molecular formula is C15H16ClN3O2S2. The van der Waals surface area contributed by atoms with Crippen molar-refractivity contribution in [2.24, 2.45) is 0 Å². The van der Waals surface area contributed by atoms with Gasteiger partial charge in [-0.2, -0.15) is 0 Å². The summed E-state index contributed by atoms with van der Waals surface area (Å²) in [6, 6.07) is 11.2. The molecule has 0 unspecified atom stereocenters. The molecule has 0 bridgehead atoms. The minimum Gasteiger partial charge on any atom is -0.366 e. The summed E-state index contributed by atoms with van der Waals surface area (Å²) in [6.07, 6.45) is 0. The molecule has 0 heterocycles. The van der Waals surface area contributed by atoms with Crippen molar-refractivity contribution in [1.29, 1.82) is 0 Å². The number of anilines is 2. The number of hydrogen-bond acceptors (Lipinski definition) is 3. The van der Waals surface area contributed by atoms with Crippen LogP contribution < -0.4 is 15.4 Å². The fourth-order valence-corrected chi connectivity index (χ4v) is 3.14. The van der Waals surface area contributed by atoms with Gasteiger partial charge in [0.25, 0.3) is 10.0 Å². The topological polar surface area (TPSA) is 70.2 Å². The van der Waals surface area contributed by atoms with E-state index in [1.54, 1.807) is 43.4 Å². The van der Waals surface area contributed by atoms with E-state index in [0.717, 1.165) is 5.56 Å². The lowest BCUT2D eigenvalue weighted by Gasteiger charge is -2.13. The Morgan fingerprint density at radius 1 is 1.13 bits per heavy atom. The second-order valence-corrected chi connectivity index (χ2v) is 7.32. The molecule has 0 aliphatic rings. The Labute approximate surface area is 146 Å². The molecule has 5 nitrogen and oxygen atoms in total. The Balaban J connectivity index is 2.30. The van der Waals surface area contributed by atoms with Crippen LogP contribution in [0.15, 0.2) is 47.4 Å². The van der Waals surface area contributed by atoms with E-state index in [9.17, 15) is 8.42 Å². The van der Waals surface area contributed by atoms with E-state index in [-0.39, 0.29) is 4.90 Å². The molecule has 0 fully saturated rings. The molecule has 0 aliphatic heterocycles. The molecule has 0 saturated carbocycles. The summed E-state index contributed by atoms with van der Waals surface area (Å²) in [5.74, 6) is 0. The number of halogens is 1. The summed E-state index contributed by atoms with van der Waals surface area (Å²) in [4.78, 5) is 0.138. The van der Waals surface area contributed by atoms with Crippen LogP contribution in [-0.4, -0.2) is 20.6 Å². The lowest BCUT2D eigenvalue weighted by molar-refractivity contribution is 0.601. The molecule has 2 aromatic carbocycles. The molecular weight excluding hydrogens is 354 g/mol. The number of benzene rings is 2. The summed E-state index contributed by atoms with van der Waals surface area (Å²) in [5.41, 5.74) is 1.95. The summed E-state index contributed by atoms with van der Waals surface area (Å²) in [5, 5.41) is 6.69. The predicted octanol–water partition coefficient (Wildman–Crippen LogP) is 3.37. The maximum absolute atomic E-state index is 12.5. The zero-order valence-corrected chi connectivity index (χ0v) is 14.9. The van der Waals surface area contributed by atoms with E-state index in [4.69, 9.17) is 23.8 Å². The maximum atomic E-state index is 12.5. The van der Waals surface area contributed by atoms with Gasteiger partial charge in [-0.25, -0.2) is 8.42 Å². The van der Waals surface area contributed by atoms with E-state index in [2.05, 4.69) is 15.4 Å². The van der Waals surface area contributed by atoms with Crippen LogP contribution in [-0.2, 0) is 10.0 Å². The molecule has 2 rings (SSSR count). The average molecular weight is 370 g/mol. The van der Waals surface area contributed by atoms with E-state index in [1.807, 2.05) is 6.92 Å². The number of hydrogen-bond donors (Lipinski definition) is 3. The fourth-order valence-electron chi connectivity index (χ4n) is 1.82. The van der Waals surface area contributed by atoms with Crippen LogP contribution in [0.4, 0.5) is 11.4 Å². The Morgan fingerprint density at radius 3 is 2.39 bits per heavy atom. The molecule has 8 heteroatoms. The van der Waals surface area contributed by atoms with Crippen molar-refractivity contribution in [3.63, 3.8) is 0 Å². The monoisotopic (exact) mass is 369 g/mol. The van der Waals surface area contributed by atoms with Crippen LogP contribution >= 0.6 is 23.8 Å². The molecule has 0 aliphatic carbocycles. The highest BCUT2D eigenvalue weighted by molar-refractivity contribution is 7.92. The number of sulfonamides is 1. The number of thiocarbonyl (C=S) groups is 1. The fraction of sp³-hybridized carbons (Fsp3) is 0.133. The Hall–Kier alpha value is -1.83. The van der Waals surface area contributed by atoms with Crippen LogP contribution in [0.2, 0.25) is 5.02 Å². The zero-order valence-electron chi connectivity index (χ0n) is 12.6. The first-order chi connectivity index (χ1) is 10.8. The molecule has 122 valence electrons. The highest BCUT2D eigenvalue weighted by Crippen LogP contribution is 2.23. The van der Waals surface area contributed by atoms with Crippen LogP contribution in [0.3, 0.4) is 0 Å². The molecule has 0 radical (unpaired) electrons. The number of aryl methyl sites for hydroxylation is 1. The molecule has 3 N–H and O–H groups in total. The van der Waals surface area contributed by atoms with Crippen LogP contribution in [0, 0.1) is 6.92 Å². The third-order valence-corrected chi connectivity index (χ3v) is 5.03. The highest BCUT2D eigenvalue weighted by Gasteiger charge is 2.16. The first kappa shape index (κ1) is 17.5. The van der Waals surface area contributed by atoms with E-state index >= 15 is 0 Å². The standard InChI is InChI=1S/C15H16ClN3O2S2/c1-10-3-8-13(9-14(10)18-15(22)17-2)23(20,21)19-12-6-4-11(16)5-7-12/h3-9,19H,1-2H3,(H2,17,18,22). The zero-order chi connectivity index (χ0) is 17.0. The Bertz CT molecular complexity index is 821. The number of nitrogens with one attached hydrogen (secondary N) is 3. The van der Waals surface area contributed by atoms with Gasteiger partial charge in [0.15, 0.2) is 5.11 Å². The summed E-state index contributed by atoms with van der Waals surface area (Å²) in [7, 11) is -2.02. The van der Waals surface area contributed by atoms with Gasteiger partial charge in [-0.3, -0.25) is 4.72 Å². The predicted molar refractivity (Wildman–Crippen MR) is 98.7 cm³/mol. The molecule has 0 aromatic heterocycles. The molecule has 2 aromatic rings. The second kappa shape index (κ2) is 7.16. The third-order valence-electron chi connectivity index (χ3n) is 3.09. The Kier molecular flexibility index (Phi) is 5.46. The lowest BCUT2D eigenvalue weighted by atomic mass is 10.2. The normalized spacial score (nSPS) is 10.9. The third kappa shape index (κ3) is 4.57. The van der Waals surface area contributed by atoms with E-state index < -0.39 is 10.0 Å². The van der Waals surface area contributed by atoms with Gasteiger partial charge in [-0.15, -0.1) is 0 Å². The minimum atomic E-state index is -3.70. The molecule has 0 spiro atoms.